The highest BCUT2D eigenvalue weighted by molar-refractivity contribution is 7.91. The highest BCUT2D eigenvalue weighted by atomic mass is 32.2. The van der Waals surface area contributed by atoms with Crippen molar-refractivity contribution in [3.8, 4) is 28.6 Å². The van der Waals surface area contributed by atoms with E-state index in [1.54, 1.807) is 29.6 Å². The molecule has 2 heterocycles. The molecule has 0 aliphatic heterocycles. The Kier molecular flexibility index (Phi) is 7.35. The Morgan fingerprint density at radius 2 is 1.70 bits per heavy atom. The number of ether oxygens (including phenoxy) is 3. The number of nitrogens with zero attached hydrogens (tertiary/aromatic N) is 1. The normalized spacial score (nSPS) is 11.4. The summed E-state index contributed by atoms with van der Waals surface area (Å²) in [6.07, 6.45) is 1.51. The van der Waals surface area contributed by atoms with Gasteiger partial charge in [-0.05, 0) is 44.5 Å². The minimum atomic E-state index is -3.71. The number of aromatic nitrogens is 1. The van der Waals surface area contributed by atoms with Gasteiger partial charge in [0.2, 0.25) is 15.8 Å². The van der Waals surface area contributed by atoms with Gasteiger partial charge in [-0.3, -0.25) is 0 Å². The molecular formula is C20H24N2O6S2. The van der Waals surface area contributed by atoms with Crippen molar-refractivity contribution in [2.45, 2.75) is 31.5 Å². The maximum absolute atomic E-state index is 12.7. The number of thiophene rings is 1. The third kappa shape index (κ3) is 5.13. The topological polar surface area (TPSA) is 99.9 Å². The van der Waals surface area contributed by atoms with Crippen LogP contribution in [0.5, 0.6) is 17.2 Å². The van der Waals surface area contributed by atoms with Crippen LogP contribution in [0.15, 0.2) is 44.6 Å². The predicted molar refractivity (Wildman–Crippen MR) is 114 cm³/mol. The van der Waals surface area contributed by atoms with Gasteiger partial charge < -0.3 is 18.7 Å². The van der Waals surface area contributed by atoms with Crippen LogP contribution in [-0.2, 0) is 16.6 Å². The smallest absolute Gasteiger partial charge is 0.250 e. The van der Waals surface area contributed by atoms with E-state index >= 15 is 0 Å². The van der Waals surface area contributed by atoms with E-state index in [1.165, 1.54) is 6.20 Å². The fourth-order valence-electron chi connectivity index (χ4n) is 2.75. The molecule has 3 rings (SSSR count). The number of benzene rings is 1. The summed E-state index contributed by atoms with van der Waals surface area (Å²) in [7, 11) is -3.71. The Bertz CT molecular complexity index is 1030. The van der Waals surface area contributed by atoms with E-state index in [-0.39, 0.29) is 10.8 Å². The molecule has 0 aliphatic carbocycles. The van der Waals surface area contributed by atoms with Crippen molar-refractivity contribution < 1.29 is 27.2 Å². The zero-order valence-electron chi connectivity index (χ0n) is 17.0. The van der Waals surface area contributed by atoms with Crippen molar-refractivity contribution in [1.82, 2.24) is 9.88 Å². The maximum atomic E-state index is 12.7. The van der Waals surface area contributed by atoms with E-state index in [9.17, 15) is 8.42 Å². The number of sulfonamides is 1. The average molecular weight is 453 g/mol. The van der Waals surface area contributed by atoms with E-state index in [0.29, 0.717) is 54.0 Å². The number of hydrogen-bond acceptors (Lipinski definition) is 8. The van der Waals surface area contributed by atoms with Gasteiger partial charge in [0.25, 0.3) is 0 Å². The quantitative estimate of drug-likeness (QED) is 0.468. The molecule has 30 heavy (non-hydrogen) atoms. The molecule has 0 spiro atoms. The monoisotopic (exact) mass is 452 g/mol. The first-order valence-corrected chi connectivity index (χ1v) is 11.9. The molecule has 0 radical (unpaired) electrons. The molecule has 1 aromatic carbocycles. The van der Waals surface area contributed by atoms with Crippen LogP contribution in [0.25, 0.3) is 11.3 Å². The van der Waals surface area contributed by atoms with Gasteiger partial charge in [0.05, 0.1) is 26.0 Å². The Morgan fingerprint density at radius 3 is 2.27 bits per heavy atom. The summed E-state index contributed by atoms with van der Waals surface area (Å²) in [5, 5.41) is 5.36. The molecule has 2 aromatic heterocycles. The Balaban J connectivity index is 1.81. The molecule has 0 atom stereocenters. The summed E-state index contributed by atoms with van der Waals surface area (Å²) in [6, 6.07) is 6.75. The first kappa shape index (κ1) is 22.1. The molecule has 10 heteroatoms. The van der Waals surface area contributed by atoms with Crippen LogP contribution in [-0.4, -0.2) is 33.4 Å². The van der Waals surface area contributed by atoms with Crippen LogP contribution in [0.1, 0.15) is 26.3 Å². The van der Waals surface area contributed by atoms with E-state index in [4.69, 9.17) is 18.7 Å². The second-order valence-electron chi connectivity index (χ2n) is 6.08. The standard InChI is InChI=1S/C20H24N2O6S2/c1-4-25-17-9-14(10-18(26-5-2)20(17)27-6-3)12-22-30(23,24)19-11-15(13-29-19)16-7-8-21-28-16/h7-11,13,22H,4-6,12H2,1-3H3. The summed E-state index contributed by atoms with van der Waals surface area (Å²) >= 11 is 1.11. The van der Waals surface area contributed by atoms with E-state index < -0.39 is 10.0 Å². The van der Waals surface area contributed by atoms with Crippen molar-refractivity contribution in [2.24, 2.45) is 0 Å². The molecule has 0 unspecified atom stereocenters. The number of hydrogen-bond donors (Lipinski definition) is 1. The summed E-state index contributed by atoms with van der Waals surface area (Å²) in [5.74, 6) is 2.07. The van der Waals surface area contributed by atoms with Gasteiger partial charge in [-0.25, -0.2) is 13.1 Å². The Morgan fingerprint density at radius 1 is 1.03 bits per heavy atom. The minimum Gasteiger partial charge on any atom is -0.490 e. The van der Waals surface area contributed by atoms with Crippen molar-refractivity contribution in [3.05, 3.63) is 41.4 Å². The van der Waals surface area contributed by atoms with Gasteiger partial charge in [0.15, 0.2) is 17.3 Å². The number of rotatable bonds is 11. The van der Waals surface area contributed by atoms with E-state index in [1.807, 2.05) is 20.8 Å². The molecule has 0 amide bonds. The molecule has 0 aliphatic rings. The van der Waals surface area contributed by atoms with Crippen molar-refractivity contribution in [1.29, 1.82) is 0 Å². The highest BCUT2D eigenvalue weighted by Crippen LogP contribution is 2.39. The molecule has 1 N–H and O–H groups in total. The lowest BCUT2D eigenvalue weighted by molar-refractivity contribution is 0.260. The number of nitrogens with one attached hydrogen (secondary N) is 1. The maximum Gasteiger partial charge on any atom is 0.250 e. The van der Waals surface area contributed by atoms with Gasteiger partial charge in [0.1, 0.15) is 4.21 Å². The SMILES string of the molecule is CCOc1cc(CNS(=O)(=O)c2cc(-c3ccno3)cs2)cc(OCC)c1OCC. The van der Waals surface area contributed by atoms with Crippen molar-refractivity contribution >= 4 is 21.4 Å². The molecule has 3 aromatic rings. The molecule has 0 saturated carbocycles. The average Bonchev–Trinajstić information content (AvgIpc) is 3.41. The van der Waals surface area contributed by atoms with Crippen LogP contribution in [0.3, 0.4) is 0 Å². The lowest BCUT2D eigenvalue weighted by atomic mass is 10.2. The first-order valence-electron chi connectivity index (χ1n) is 9.53. The van der Waals surface area contributed by atoms with Crippen LogP contribution in [0.4, 0.5) is 0 Å². The molecule has 8 nitrogen and oxygen atoms in total. The predicted octanol–water partition coefficient (Wildman–Crippen LogP) is 4.08. The van der Waals surface area contributed by atoms with Gasteiger partial charge in [0, 0.05) is 23.6 Å². The fourth-order valence-corrected chi connectivity index (χ4v) is 4.98. The molecule has 0 bridgehead atoms. The van der Waals surface area contributed by atoms with E-state index in [0.717, 1.165) is 11.3 Å². The molecular weight excluding hydrogens is 428 g/mol. The summed E-state index contributed by atoms with van der Waals surface area (Å²) < 4.78 is 50.4. The Labute approximate surface area is 179 Å². The molecule has 162 valence electrons. The van der Waals surface area contributed by atoms with Crippen LogP contribution in [0.2, 0.25) is 0 Å². The third-order valence-corrected chi connectivity index (χ3v) is 6.84. The summed E-state index contributed by atoms with van der Waals surface area (Å²) in [5.41, 5.74) is 1.36. The molecule has 0 saturated heterocycles. The van der Waals surface area contributed by atoms with Gasteiger partial charge in [-0.1, -0.05) is 5.16 Å². The minimum absolute atomic E-state index is 0.0738. The van der Waals surface area contributed by atoms with Gasteiger partial charge in [-0.2, -0.15) is 0 Å². The second-order valence-corrected chi connectivity index (χ2v) is 8.98. The van der Waals surface area contributed by atoms with Crippen molar-refractivity contribution in [2.75, 3.05) is 19.8 Å². The van der Waals surface area contributed by atoms with Gasteiger partial charge >= 0.3 is 0 Å². The first-order chi connectivity index (χ1) is 14.5. The molecule has 0 fully saturated rings. The van der Waals surface area contributed by atoms with Crippen LogP contribution >= 0.6 is 11.3 Å². The summed E-state index contributed by atoms with van der Waals surface area (Å²) in [4.78, 5) is 0. The van der Waals surface area contributed by atoms with Gasteiger partial charge in [-0.15, -0.1) is 11.3 Å². The lowest BCUT2D eigenvalue weighted by Gasteiger charge is -2.17. The third-order valence-electron chi connectivity index (χ3n) is 4.00. The second kappa shape index (κ2) is 9.96. The Hall–Kier alpha value is -2.56. The zero-order valence-corrected chi connectivity index (χ0v) is 18.6. The van der Waals surface area contributed by atoms with Crippen LogP contribution in [0, 0.1) is 0 Å². The summed E-state index contributed by atoms with van der Waals surface area (Å²) in [6.45, 7) is 7.04. The zero-order chi connectivity index (χ0) is 21.6. The fraction of sp³-hybridized carbons (Fsp3) is 0.350. The largest absolute Gasteiger partial charge is 0.490 e. The van der Waals surface area contributed by atoms with Crippen LogP contribution < -0.4 is 18.9 Å². The van der Waals surface area contributed by atoms with E-state index in [2.05, 4.69) is 9.88 Å². The lowest BCUT2D eigenvalue weighted by Crippen LogP contribution is -2.22. The van der Waals surface area contributed by atoms with Crippen molar-refractivity contribution in [3.63, 3.8) is 0 Å². The highest BCUT2D eigenvalue weighted by Gasteiger charge is 2.20.